The summed E-state index contributed by atoms with van der Waals surface area (Å²) in [5, 5.41) is 4.40. The van der Waals surface area contributed by atoms with Crippen molar-refractivity contribution in [3.8, 4) is 0 Å². The molecule has 1 aliphatic heterocycles. The molecule has 9 nitrogen and oxygen atoms in total. The molecule has 1 unspecified atom stereocenters. The molecule has 25 heavy (non-hydrogen) atoms. The van der Waals surface area contributed by atoms with E-state index in [1.165, 1.54) is 32.2 Å². The highest BCUT2D eigenvalue weighted by Gasteiger charge is 2.33. The van der Waals surface area contributed by atoms with E-state index in [0.717, 1.165) is 4.90 Å². The van der Waals surface area contributed by atoms with E-state index < -0.39 is 35.8 Å². The van der Waals surface area contributed by atoms with Gasteiger partial charge < -0.3 is 10.1 Å². The molecule has 0 spiro atoms. The van der Waals surface area contributed by atoms with Gasteiger partial charge in [0.15, 0.2) is 6.10 Å². The fourth-order valence-corrected chi connectivity index (χ4v) is 2.19. The maximum atomic E-state index is 12.1. The monoisotopic (exact) mass is 347 g/mol. The number of ether oxygens (including phenoxy) is 1. The largest absolute Gasteiger partial charge is 0.449 e. The molecule has 0 bridgehead atoms. The number of amides is 5. The fraction of sp³-hybridized carbons (Fsp3) is 0.312. The average Bonchev–Trinajstić information content (AvgIpc) is 2.79. The van der Waals surface area contributed by atoms with Crippen LogP contribution in [0.4, 0.5) is 4.79 Å². The van der Waals surface area contributed by atoms with Gasteiger partial charge in [0.25, 0.3) is 17.7 Å². The van der Waals surface area contributed by atoms with Crippen LogP contribution in [0.3, 0.4) is 0 Å². The number of carbonyl (C=O) groups excluding carboxylic acids is 5. The van der Waals surface area contributed by atoms with Crippen LogP contribution in [0.1, 0.15) is 44.9 Å². The van der Waals surface area contributed by atoms with Gasteiger partial charge in [-0.2, -0.15) is 0 Å². The lowest BCUT2D eigenvalue weighted by molar-refractivity contribution is -0.127. The molecule has 2 N–H and O–H groups in total. The molecule has 0 aliphatic carbocycles. The number of rotatable bonds is 4. The number of imide groups is 2. The summed E-state index contributed by atoms with van der Waals surface area (Å²) >= 11 is 0. The summed E-state index contributed by atoms with van der Waals surface area (Å²) in [4.78, 5) is 59.9. The smallest absolute Gasteiger partial charge is 0.338 e. The molecule has 5 amide bonds. The van der Waals surface area contributed by atoms with Crippen LogP contribution < -0.4 is 10.6 Å². The normalized spacial score (nSPS) is 14.0. The minimum atomic E-state index is -1.22. The maximum absolute atomic E-state index is 12.1. The summed E-state index contributed by atoms with van der Waals surface area (Å²) in [6, 6.07) is 3.24. The van der Waals surface area contributed by atoms with Gasteiger partial charge in [0.1, 0.15) is 0 Å². The van der Waals surface area contributed by atoms with E-state index in [-0.39, 0.29) is 16.7 Å². The minimum Gasteiger partial charge on any atom is -0.449 e. The zero-order valence-corrected chi connectivity index (χ0v) is 13.9. The topological polar surface area (TPSA) is 122 Å². The molecule has 0 radical (unpaired) electrons. The molecule has 1 aromatic carbocycles. The first-order chi connectivity index (χ1) is 11.8. The quantitative estimate of drug-likeness (QED) is 0.597. The third-order valence-corrected chi connectivity index (χ3v) is 3.55. The third kappa shape index (κ3) is 3.65. The van der Waals surface area contributed by atoms with Gasteiger partial charge in [-0.05, 0) is 32.0 Å². The summed E-state index contributed by atoms with van der Waals surface area (Å²) in [5.74, 6) is -2.60. The number of hydrogen-bond donors (Lipinski definition) is 2. The Kier molecular flexibility index (Phi) is 5.16. The Balaban J connectivity index is 2.07. The van der Waals surface area contributed by atoms with Gasteiger partial charge in [0.2, 0.25) is 0 Å². The molecule has 0 fully saturated rings. The van der Waals surface area contributed by atoms with Crippen molar-refractivity contribution in [1.29, 1.82) is 0 Å². The van der Waals surface area contributed by atoms with Crippen LogP contribution in [0.5, 0.6) is 0 Å². The summed E-state index contributed by atoms with van der Waals surface area (Å²) < 4.78 is 4.99. The highest BCUT2D eigenvalue weighted by molar-refractivity contribution is 6.21. The zero-order valence-electron chi connectivity index (χ0n) is 13.9. The van der Waals surface area contributed by atoms with Crippen molar-refractivity contribution >= 4 is 29.7 Å². The molecule has 1 atom stereocenters. The second kappa shape index (κ2) is 7.12. The lowest BCUT2D eigenvalue weighted by atomic mass is 10.1. The summed E-state index contributed by atoms with van der Waals surface area (Å²) in [7, 11) is 1.34. The third-order valence-electron chi connectivity index (χ3n) is 3.55. The predicted molar refractivity (Wildman–Crippen MR) is 85.0 cm³/mol. The Morgan fingerprint density at radius 1 is 1.16 bits per heavy atom. The number of nitrogens with one attached hydrogen (secondary N) is 2. The molecule has 0 saturated carbocycles. The number of benzene rings is 1. The van der Waals surface area contributed by atoms with E-state index in [2.05, 4.69) is 5.32 Å². The molecule has 9 heteroatoms. The van der Waals surface area contributed by atoms with E-state index in [1.807, 2.05) is 5.32 Å². The molecular weight excluding hydrogens is 330 g/mol. The number of esters is 1. The van der Waals surface area contributed by atoms with Crippen molar-refractivity contribution in [3.05, 3.63) is 34.9 Å². The van der Waals surface area contributed by atoms with Gasteiger partial charge >= 0.3 is 12.0 Å². The van der Waals surface area contributed by atoms with Crippen LogP contribution in [0.15, 0.2) is 18.2 Å². The number of nitrogens with zero attached hydrogens (tertiary/aromatic N) is 1. The van der Waals surface area contributed by atoms with Gasteiger partial charge in [-0.1, -0.05) is 0 Å². The summed E-state index contributed by atoms with van der Waals surface area (Å²) in [6.07, 6.45) is -1.22. The van der Waals surface area contributed by atoms with Crippen LogP contribution in [0, 0.1) is 0 Å². The molecule has 132 valence electrons. The number of carbonyl (C=O) groups is 5. The van der Waals surface area contributed by atoms with Crippen LogP contribution in [0.2, 0.25) is 0 Å². The van der Waals surface area contributed by atoms with Gasteiger partial charge in [0.05, 0.1) is 16.7 Å². The number of fused-ring (bicyclic) bond motifs is 1. The predicted octanol–water partition coefficient (Wildman–Crippen LogP) is 0.303. The second-order valence-corrected chi connectivity index (χ2v) is 5.33. The molecule has 1 aliphatic rings. The Bertz CT molecular complexity index is 773. The first kappa shape index (κ1) is 18.1. The fourth-order valence-electron chi connectivity index (χ4n) is 2.19. The first-order valence-electron chi connectivity index (χ1n) is 7.52. The molecule has 1 aromatic rings. The van der Waals surface area contributed by atoms with E-state index in [4.69, 9.17) is 4.74 Å². The van der Waals surface area contributed by atoms with E-state index in [1.54, 1.807) is 6.92 Å². The highest BCUT2D eigenvalue weighted by Crippen LogP contribution is 2.23. The molecule has 0 saturated heterocycles. The Morgan fingerprint density at radius 3 is 2.44 bits per heavy atom. The van der Waals surface area contributed by atoms with Gasteiger partial charge in [-0.3, -0.25) is 24.6 Å². The average molecular weight is 347 g/mol. The number of hydrogen-bond acceptors (Lipinski definition) is 6. The van der Waals surface area contributed by atoms with Crippen molar-refractivity contribution in [1.82, 2.24) is 15.5 Å². The van der Waals surface area contributed by atoms with Crippen molar-refractivity contribution in [2.24, 2.45) is 0 Å². The van der Waals surface area contributed by atoms with E-state index in [9.17, 15) is 24.0 Å². The van der Waals surface area contributed by atoms with Gasteiger partial charge in [-0.15, -0.1) is 0 Å². The van der Waals surface area contributed by atoms with Gasteiger partial charge in [0, 0.05) is 13.6 Å². The Morgan fingerprint density at radius 2 is 1.80 bits per heavy atom. The highest BCUT2D eigenvalue weighted by atomic mass is 16.5. The molecular formula is C16H17N3O6. The minimum absolute atomic E-state index is 0.0212. The second-order valence-electron chi connectivity index (χ2n) is 5.33. The van der Waals surface area contributed by atoms with E-state index in [0.29, 0.717) is 6.54 Å². The first-order valence-corrected chi connectivity index (χ1v) is 7.52. The molecule has 1 heterocycles. The zero-order chi connectivity index (χ0) is 18.7. The standard InChI is InChI=1S/C16H17N3O6/c1-4-17-16(24)18-12(20)8(2)25-15(23)9-5-6-10-11(7-9)14(22)19(3)13(10)21/h5-8H,4H2,1-3H3,(H2,17,18,20,24). The van der Waals surface area contributed by atoms with Crippen LogP contribution in [0.25, 0.3) is 0 Å². The van der Waals surface area contributed by atoms with Crippen LogP contribution in [-0.4, -0.2) is 54.3 Å². The lowest BCUT2D eigenvalue weighted by Gasteiger charge is -2.13. The maximum Gasteiger partial charge on any atom is 0.338 e. The summed E-state index contributed by atoms with van der Waals surface area (Å²) in [5.41, 5.74) is 0.320. The van der Waals surface area contributed by atoms with Crippen molar-refractivity contribution < 1.29 is 28.7 Å². The summed E-state index contributed by atoms with van der Waals surface area (Å²) in [6.45, 7) is 3.33. The van der Waals surface area contributed by atoms with Crippen LogP contribution >= 0.6 is 0 Å². The Hall–Kier alpha value is -3.23. The lowest BCUT2D eigenvalue weighted by Crippen LogP contribution is -2.44. The van der Waals surface area contributed by atoms with E-state index >= 15 is 0 Å². The molecule has 2 rings (SSSR count). The number of urea groups is 1. The molecule has 0 aromatic heterocycles. The van der Waals surface area contributed by atoms with Crippen molar-refractivity contribution in [3.63, 3.8) is 0 Å². The SMILES string of the molecule is CCNC(=O)NC(=O)C(C)OC(=O)c1ccc2c(c1)C(=O)N(C)C2=O. The van der Waals surface area contributed by atoms with Gasteiger partial charge in [-0.25, -0.2) is 9.59 Å². The van der Waals surface area contributed by atoms with Crippen molar-refractivity contribution in [2.75, 3.05) is 13.6 Å². The van der Waals surface area contributed by atoms with Crippen LogP contribution in [-0.2, 0) is 9.53 Å². The van der Waals surface area contributed by atoms with Crippen molar-refractivity contribution in [2.45, 2.75) is 20.0 Å². The Labute approximate surface area is 143 Å².